The molecule has 1 N–H and O–H groups in total. The van der Waals surface area contributed by atoms with Crippen LogP contribution in [0.25, 0.3) is 11.0 Å². The summed E-state index contributed by atoms with van der Waals surface area (Å²) >= 11 is 0. The molecule has 0 unspecified atom stereocenters. The van der Waals surface area contributed by atoms with Gasteiger partial charge in [0.15, 0.2) is 0 Å². The Labute approximate surface area is 177 Å². The molecule has 1 amide bonds. The Bertz CT molecular complexity index is 1010. The second-order valence-corrected chi connectivity index (χ2v) is 8.24. The van der Waals surface area contributed by atoms with Crippen molar-refractivity contribution < 1.29 is 18.0 Å². The standard InChI is InChI=1S/C21H23F3N6O/c1-29-8-4-14(5-9-29)28-20(31)15-11-30(12-16(15)21(22,23)24)17-3-2-13(10-25)18-19(17)27-7-6-26-18/h2-3,6-7,14-16H,4-5,8-9,11-12H2,1H3,(H,28,31)/t15-,16-/m0/s1. The molecule has 2 atom stereocenters. The van der Waals surface area contributed by atoms with Gasteiger partial charge < -0.3 is 15.1 Å². The van der Waals surface area contributed by atoms with Gasteiger partial charge in [0, 0.05) is 31.5 Å². The van der Waals surface area contributed by atoms with E-state index < -0.39 is 23.9 Å². The zero-order valence-electron chi connectivity index (χ0n) is 17.1. The number of carbonyl (C=O) groups excluding carboxylic acids is 1. The first-order chi connectivity index (χ1) is 14.8. The Morgan fingerprint density at radius 2 is 1.84 bits per heavy atom. The van der Waals surface area contributed by atoms with Crippen molar-refractivity contribution in [3.8, 4) is 6.07 Å². The summed E-state index contributed by atoms with van der Waals surface area (Å²) in [5, 5.41) is 12.1. The smallest absolute Gasteiger partial charge is 0.368 e. The molecule has 0 radical (unpaired) electrons. The number of likely N-dealkylation sites (tertiary alicyclic amines) is 1. The molecule has 3 heterocycles. The van der Waals surface area contributed by atoms with Crippen molar-refractivity contribution in [3.05, 3.63) is 30.1 Å². The number of aromatic nitrogens is 2. The van der Waals surface area contributed by atoms with Gasteiger partial charge in [-0.3, -0.25) is 14.8 Å². The number of carbonyl (C=O) groups is 1. The Morgan fingerprint density at radius 1 is 1.16 bits per heavy atom. The fraction of sp³-hybridized carbons (Fsp3) is 0.524. The summed E-state index contributed by atoms with van der Waals surface area (Å²) in [4.78, 5) is 25.0. The summed E-state index contributed by atoms with van der Waals surface area (Å²) in [5.41, 5.74) is 1.45. The summed E-state index contributed by atoms with van der Waals surface area (Å²) in [5.74, 6) is -3.54. The van der Waals surface area contributed by atoms with Crippen LogP contribution in [0, 0.1) is 23.2 Å². The molecule has 0 spiro atoms. The van der Waals surface area contributed by atoms with Crippen LogP contribution in [0.3, 0.4) is 0 Å². The lowest BCUT2D eigenvalue weighted by Gasteiger charge is -2.31. The van der Waals surface area contributed by atoms with Gasteiger partial charge in [0.25, 0.3) is 0 Å². The van der Waals surface area contributed by atoms with Crippen LogP contribution < -0.4 is 10.2 Å². The lowest BCUT2D eigenvalue weighted by Crippen LogP contribution is -2.48. The summed E-state index contributed by atoms with van der Waals surface area (Å²) in [6, 6.07) is 5.04. The molecule has 2 aromatic rings. The summed E-state index contributed by atoms with van der Waals surface area (Å²) in [6.45, 7) is 1.20. The second kappa shape index (κ2) is 8.30. The van der Waals surface area contributed by atoms with Crippen molar-refractivity contribution in [3.63, 3.8) is 0 Å². The lowest BCUT2D eigenvalue weighted by molar-refractivity contribution is -0.182. The molecule has 0 aliphatic carbocycles. The van der Waals surface area contributed by atoms with Gasteiger partial charge in [-0.15, -0.1) is 0 Å². The normalized spacial score (nSPS) is 23.1. The Morgan fingerprint density at radius 3 is 2.48 bits per heavy atom. The number of nitriles is 1. The van der Waals surface area contributed by atoms with Crippen LogP contribution in [-0.2, 0) is 4.79 Å². The van der Waals surface area contributed by atoms with Gasteiger partial charge in [-0.1, -0.05) is 0 Å². The number of halogens is 3. The Hall–Kier alpha value is -2.93. The van der Waals surface area contributed by atoms with Crippen LogP contribution in [0.5, 0.6) is 0 Å². The van der Waals surface area contributed by atoms with Crippen molar-refractivity contribution in [2.45, 2.75) is 25.1 Å². The largest absolute Gasteiger partial charge is 0.394 e. The van der Waals surface area contributed by atoms with E-state index in [1.165, 1.54) is 23.4 Å². The van der Waals surface area contributed by atoms with Crippen molar-refractivity contribution in [2.75, 3.05) is 38.1 Å². The first-order valence-corrected chi connectivity index (χ1v) is 10.2. The highest BCUT2D eigenvalue weighted by atomic mass is 19.4. The second-order valence-electron chi connectivity index (χ2n) is 8.24. The number of hydrogen-bond donors (Lipinski definition) is 1. The van der Waals surface area contributed by atoms with Crippen molar-refractivity contribution in [1.82, 2.24) is 20.2 Å². The monoisotopic (exact) mass is 432 g/mol. The number of fused-ring (bicyclic) bond motifs is 1. The molecule has 164 valence electrons. The van der Waals surface area contributed by atoms with Crippen LogP contribution >= 0.6 is 0 Å². The van der Waals surface area contributed by atoms with Crippen molar-refractivity contribution >= 4 is 22.6 Å². The number of benzene rings is 1. The molecular formula is C21H23F3N6O. The van der Waals surface area contributed by atoms with Crippen molar-refractivity contribution in [1.29, 1.82) is 5.26 Å². The van der Waals surface area contributed by atoms with E-state index >= 15 is 0 Å². The zero-order valence-corrected chi connectivity index (χ0v) is 17.1. The molecule has 1 aromatic heterocycles. The number of alkyl halides is 3. The minimum absolute atomic E-state index is 0.0692. The minimum atomic E-state index is -4.50. The Kier molecular flexibility index (Phi) is 5.71. The quantitative estimate of drug-likeness (QED) is 0.802. The Balaban J connectivity index is 1.60. The van der Waals surface area contributed by atoms with E-state index in [-0.39, 0.29) is 19.1 Å². The third-order valence-corrected chi connectivity index (χ3v) is 6.21. The molecule has 2 aliphatic rings. The molecule has 7 nitrogen and oxygen atoms in total. The van der Waals surface area contributed by atoms with E-state index in [1.54, 1.807) is 6.07 Å². The van der Waals surface area contributed by atoms with Crippen LogP contribution in [0.1, 0.15) is 18.4 Å². The fourth-order valence-corrected chi connectivity index (χ4v) is 4.45. The van der Waals surface area contributed by atoms with Gasteiger partial charge in [-0.05, 0) is 45.1 Å². The van der Waals surface area contributed by atoms with E-state index in [0.29, 0.717) is 22.3 Å². The first kappa shape index (κ1) is 21.3. The predicted octanol–water partition coefficient (Wildman–Crippen LogP) is 2.33. The zero-order chi connectivity index (χ0) is 22.2. The third-order valence-electron chi connectivity index (χ3n) is 6.21. The van der Waals surface area contributed by atoms with Crippen LogP contribution in [0.15, 0.2) is 24.5 Å². The molecule has 2 aliphatic heterocycles. The highest BCUT2D eigenvalue weighted by Crippen LogP contribution is 2.41. The molecule has 0 saturated carbocycles. The fourth-order valence-electron chi connectivity index (χ4n) is 4.45. The van der Waals surface area contributed by atoms with Gasteiger partial charge in [0.1, 0.15) is 17.1 Å². The summed E-state index contributed by atoms with van der Waals surface area (Å²) in [7, 11) is 1.98. The molecule has 4 rings (SSSR count). The van der Waals surface area contributed by atoms with E-state index in [4.69, 9.17) is 0 Å². The molecule has 2 fully saturated rings. The average Bonchev–Trinajstić information content (AvgIpc) is 3.20. The molecule has 0 bridgehead atoms. The molecule has 2 saturated heterocycles. The number of nitrogens with one attached hydrogen (secondary N) is 1. The number of piperidine rings is 1. The number of amides is 1. The van der Waals surface area contributed by atoms with Crippen LogP contribution in [0.4, 0.5) is 18.9 Å². The molecular weight excluding hydrogens is 409 g/mol. The number of nitrogens with zero attached hydrogens (tertiary/aromatic N) is 5. The van der Waals surface area contributed by atoms with Gasteiger partial charge in [0.05, 0.1) is 23.1 Å². The predicted molar refractivity (Wildman–Crippen MR) is 108 cm³/mol. The minimum Gasteiger partial charge on any atom is -0.368 e. The van der Waals surface area contributed by atoms with Gasteiger partial charge in [-0.2, -0.15) is 18.4 Å². The maximum atomic E-state index is 13.8. The van der Waals surface area contributed by atoms with Crippen LogP contribution in [-0.4, -0.2) is 66.2 Å². The van der Waals surface area contributed by atoms with Crippen molar-refractivity contribution in [2.24, 2.45) is 11.8 Å². The summed E-state index contributed by atoms with van der Waals surface area (Å²) < 4.78 is 41.5. The van der Waals surface area contributed by atoms with E-state index in [0.717, 1.165) is 25.9 Å². The molecule has 31 heavy (non-hydrogen) atoms. The number of anilines is 1. The highest BCUT2D eigenvalue weighted by molar-refractivity contribution is 5.92. The van der Waals surface area contributed by atoms with Gasteiger partial charge in [-0.25, -0.2) is 0 Å². The lowest BCUT2D eigenvalue weighted by atomic mass is 9.93. The highest BCUT2D eigenvalue weighted by Gasteiger charge is 2.52. The maximum Gasteiger partial charge on any atom is 0.394 e. The van der Waals surface area contributed by atoms with Gasteiger partial charge in [0.2, 0.25) is 5.91 Å². The number of hydrogen-bond acceptors (Lipinski definition) is 6. The SMILES string of the molecule is CN1CCC(NC(=O)[C@H]2CN(c3ccc(C#N)c4nccnc34)C[C@@H]2C(F)(F)F)CC1. The summed E-state index contributed by atoms with van der Waals surface area (Å²) in [6.07, 6.45) is -0.171. The van der Waals surface area contributed by atoms with Gasteiger partial charge >= 0.3 is 6.18 Å². The maximum absolute atomic E-state index is 13.8. The molecule has 10 heteroatoms. The van der Waals surface area contributed by atoms with E-state index in [1.807, 2.05) is 13.1 Å². The molecule has 1 aromatic carbocycles. The van der Waals surface area contributed by atoms with E-state index in [2.05, 4.69) is 20.2 Å². The van der Waals surface area contributed by atoms with Crippen LogP contribution in [0.2, 0.25) is 0 Å². The number of rotatable bonds is 3. The first-order valence-electron chi connectivity index (χ1n) is 10.2. The topological polar surface area (TPSA) is 85.2 Å². The third kappa shape index (κ3) is 4.28. The van der Waals surface area contributed by atoms with E-state index in [9.17, 15) is 23.2 Å². The average molecular weight is 432 g/mol.